The second-order valence-corrected chi connectivity index (χ2v) is 5.32. The number of rotatable bonds is 7. The molecule has 0 fully saturated rings. The van der Waals surface area contributed by atoms with Gasteiger partial charge in [-0.1, -0.05) is 61.7 Å². The average Bonchev–Trinajstić information content (AvgIpc) is 2.64. The Morgan fingerprint density at radius 3 is 2.12 bits per heavy atom. The van der Waals surface area contributed by atoms with E-state index in [9.17, 15) is 9.59 Å². The van der Waals surface area contributed by atoms with E-state index >= 15 is 0 Å². The molecule has 0 atom stereocenters. The zero-order valence-electron chi connectivity index (χ0n) is 14.2. The van der Waals surface area contributed by atoms with Gasteiger partial charge in [-0.15, -0.1) is 0 Å². The molecule has 0 unspecified atom stereocenters. The third-order valence-electron chi connectivity index (χ3n) is 3.59. The summed E-state index contributed by atoms with van der Waals surface area (Å²) in [5.74, 6) is -1.19. The Labute approximate surface area is 147 Å². The Kier molecular flexibility index (Phi) is 6.29. The van der Waals surface area contributed by atoms with Gasteiger partial charge in [-0.3, -0.25) is 0 Å². The molecule has 25 heavy (non-hydrogen) atoms. The minimum atomic E-state index is -0.596. The zero-order chi connectivity index (χ0) is 18.2. The van der Waals surface area contributed by atoms with Crippen LogP contribution in [0.3, 0.4) is 0 Å². The van der Waals surface area contributed by atoms with Crippen LogP contribution in [0.4, 0.5) is 0 Å². The topological polar surface area (TPSA) is 52.6 Å². The molecule has 0 saturated carbocycles. The fourth-order valence-electron chi connectivity index (χ4n) is 2.46. The molecule has 0 aliphatic rings. The predicted octanol–water partition coefficient (Wildman–Crippen LogP) is 4.35. The van der Waals surface area contributed by atoms with Gasteiger partial charge in [0.2, 0.25) is 0 Å². The second kappa shape index (κ2) is 8.64. The van der Waals surface area contributed by atoms with Gasteiger partial charge >= 0.3 is 11.9 Å². The molecule has 0 aliphatic heterocycles. The van der Waals surface area contributed by atoms with Gasteiger partial charge in [-0.05, 0) is 29.7 Å². The molecule has 4 nitrogen and oxygen atoms in total. The first-order valence-corrected chi connectivity index (χ1v) is 7.85. The molecule has 2 aromatic rings. The Bertz CT molecular complexity index is 805. The number of carbonyl (C=O) groups is 2. The smallest absolute Gasteiger partial charge is 0.339 e. The number of benzene rings is 2. The van der Waals surface area contributed by atoms with Crippen LogP contribution >= 0.6 is 0 Å². The summed E-state index contributed by atoms with van der Waals surface area (Å²) in [4.78, 5) is 25.0. The Morgan fingerprint density at radius 2 is 1.48 bits per heavy atom. The molecule has 0 bridgehead atoms. The highest BCUT2D eigenvalue weighted by atomic mass is 16.5. The van der Waals surface area contributed by atoms with E-state index in [1.54, 1.807) is 18.2 Å². The molecule has 0 aromatic heterocycles. The van der Waals surface area contributed by atoms with Crippen molar-refractivity contribution in [1.29, 1.82) is 0 Å². The number of aryl methyl sites for hydroxylation is 1. The fraction of sp³-hybridized carbons (Fsp3) is 0.143. The molecule has 0 amide bonds. The summed E-state index contributed by atoms with van der Waals surface area (Å²) in [5.41, 5.74) is 2.81. The largest absolute Gasteiger partial charge is 0.458 e. The lowest BCUT2D eigenvalue weighted by molar-refractivity contribution is 0.0503. The highest BCUT2D eigenvalue weighted by molar-refractivity contribution is 6.08. The average molecular weight is 336 g/mol. The van der Waals surface area contributed by atoms with Crippen molar-refractivity contribution >= 4 is 11.9 Å². The van der Waals surface area contributed by atoms with E-state index in [2.05, 4.69) is 13.2 Å². The van der Waals surface area contributed by atoms with Crippen LogP contribution in [0.15, 0.2) is 67.8 Å². The van der Waals surface area contributed by atoms with E-state index in [4.69, 9.17) is 9.47 Å². The van der Waals surface area contributed by atoms with Crippen molar-refractivity contribution in [3.05, 3.63) is 84.5 Å². The molecule has 0 radical (unpaired) electrons. The molecule has 0 N–H and O–H groups in total. The molecule has 128 valence electrons. The van der Waals surface area contributed by atoms with Gasteiger partial charge in [0.1, 0.15) is 13.2 Å². The van der Waals surface area contributed by atoms with Gasteiger partial charge in [0.15, 0.2) is 0 Å². The maximum Gasteiger partial charge on any atom is 0.339 e. The van der Waals surface area contributed by atoms with Crippen molar-refractivity contribution in [2.75, 3.05) is 13.2 Å². The van der Waals surface area contributed by atoms with Crippen LogP contribution in [-0.2, 0) is 9.47 Å². The molecule has 0 saturated heterocycles. The van der Waals surface area contributed by atoms with Crippen LogP contribution in [0.2, 0.25) is 0 Å². The summed E-state index contributed by atoms with van der Waals surface area (Å²) in [7, 11) is 0. The molecule has 0 spiro atoms. The monoisotopic (exact) mass is 336 g/mol. The van der Waals surface area contributed by atoms with E-state index < -0.39 is 11.9 Å². The summed E-state index contributed by atoms with van der Waals surface area (Å²) in [6.07, 6.45) is 2.95. The molecule has 0 heterocycles. The number of esters is 2. The number of carbonyl (C=O) groups excluding carboxylic acids is 2. The van der Waals surface area contributed by atoms with Gasteiger partial charge in [0.05, 0.1) is 11.1 Å². The Balaban J connectivity index is 2.61. The van der Waals surface area contributed by atoms with Crippen LogP contribution < -0.4 is 0 Å². The molecular formula is C21H20O4. The lowest BCUT2D eigenvalue weighted by Gasteiger charge is -2.15. The van der Waals surface area contributed by atoms with E-state index in [0.29, 0.717) is 5.56 Å². The van der Waals surface area contributed by atoms with Crippen LogP contribution in [0.25, 0.3) is 11.1 Å². The Hall–Kier alpha value is -3.14. The third-order valence-corrected chi connectivity index (χ3v) is 3.59. The number of hydrogen-bond donors (Lipinski definition) is 0. The summed E-state index contributed by atoms with van der Waals surface area (Å²) in [5, 5.41) is 0. The highest BCUT2D eigenvalue weighted by Gasteiger charge is 2.24. The number of ether oxygens (including phenoxy) is 2. The summed E-state index contributed by atoms with van der Waals surface area (Å²) in [6.45, 7) is 9.12. The SMILES string of the molecule is C=CCOC(=O)c1cccc(-c2ccccc2C)c1C(=O)OCC=C. The van der Waals surface area contributed by atoms with E-state index in [1.165, 1.54) is 12.2 Å². The second-order valence-electron chi connectivity index (χ2n) is 5.32. The van der Waals surface area contributed by atoms with Crippen LogP contribution in [-0.4, -0.2) is 25.2 Å². The van der Waals surface area contributed by atoms with Gasteiger partial charge in [0.25, 0.3) is 0 Å². The summed E-state index contributed by atoms with van der Waals surface area (Å²) in [6, 6.07) is 12.7. The quantitative estimate of drug-likeness (QED) is 0.557. The normalized spacial score (nSPS) is 9.96. The maximum atomic E-state index is 12.6. The first-order valence-electron chi connectivity index (χ1n) is 7.85. The molecule has 2 rings (SSSR count). The lowest BCUT2D eigenvalue weighted by atomic mass is 9.93. The van der Waals surface area contributed by atoms with Crippen LogP contribution in [0.5, 0.6) is 0 Å². The maximum absolute atomic E-state index is 12.6. The molecule has 0 aliphatic carbocycles. The molecule has 2 aromatic carbocycles. The first-order chi connectivity index (χ1) is 12.1. The van der Waals surface area contributed by atoms with E-state index in [-0.39, 0.29) is 24.3 Å². The molecule has 4 heteroatoms. The summed E-state index contributed by atoms with van der Waals surface area (Å²) >= 11 is 0. The third kappa shape index (κ3) is 4.23. The van der Waals surface area contributed by atoms with Crippen molar-refractivity contribution in [2.45, 2.75) is 6.92 Å². The van der Waals surface area contributed by atoms with Crippen molar-refractivity contribution < 1.29 is 19.1 Å². The summed E-state index contributed by atoms with van der Waals surface area (Å²) < 4.78 is 10.3. The lowest BCUT2D eigenvalue weighted by Crippen LogP contribution is -2.16. The predicted molar refractivity (Wildman–Crippen MR) is 97.6 cm³/mol. The first kappa shape index (κ1) is 18.2. The molecular weight excluding hydrogens is 316 g/mol. The van der Waals surface area contributed by atoms with Gasteiger partial charge in [-0.25, -0.2) is 9.59 Å². The van der Waals surface area contributed by atoms with Gasteiger partial charge in [-0.2, -0.15) is 0 Å². The van der Waals surface area contributed by atoms with Crippen LogP contribution in [0.1, 0.15) is 26.3 Å². The minimum absolute atomic E-state index is 0.0576. The minimum Gasteiger partial charge on any atom is -0.458 e. The van der Waals surface area contributed by atoms with E-state index in [1.807, 2.05) is 31.2 Å². The Morgan fingerprint density at radius 1 is 0.880 bits per heavy atom. The van der Waals surface area contributed by atoms with Crippen molar-refractivity contribution in [2.24, 2.45) is 0 Å². The van der Waals surface area contributed by atoms with Crippen molar-refractivity contribution in [3.8, 4) is 11.1 Å². The van der Waals surface area contributed by atoms with E-state index in [0.717, 1.165) is 11.1 Å². The van der Waals surface area contributed by atoms with Crippen molar-refractivity contribution in [1.82, 2.24) is 0 Å². The highest BCUT2D eigenvalue weighted by Crippen LogP contribution is 2.30. The van der Waals surface area contributed by atoms with Crippen molar-refractivity contribution in [3.63, 3.8) is 0 Å². The standard InChI is InChI=1S/C21H20O4/c1-4-13-24-20(22)18-12-8-11-17(16-10-7-6-9-15(16)3)19(18)21(23)25-14-5-2/h4-12H,1-2,13-14H2,3H3. The van der Waals surface area contributed by atoms with Gasteiger partial charge < -0.3 is 9.47 Å². The zero-order valence-corrected chi connectivity index (χ0v) is 14.2. The number of hydrogen-bond acceptors (Lipinski definition) is 4. The fourth-order valence-corrected chi connectivity index (χ4v) is 2.46. The van der Waals surface area contributed by atoms with Gasteiger partial charge in [0, 0.05) is 0 Å². The van der Waals surface area contributed by atoms with Crippen LogP contribution in [0, 0.1) is 6.92 Å².